The number of carbonyl (C=O) groups is 1. The van der Waals surface area contributed by atoms with E-state index in [4.69, 9.17) is 0 Å². The van der Waals surface area contributed by atoms with E-state index in [9.17, 15) is 9.59 Å². The Morgan fingerprint density at radius 1 is 1.38 bits per heavy atom. The number of amides is 1. The molecule has 0 aromatic carbocycles. The lowest BCUT2D eigenvalue weighted by molar-refractivity contribution is -0.135. The van der Waals surface area contributed by atoms with Gasteiger partial charge < -0.3 is 9.47 Å². The molecule has 1 atom stereocenters. The van der Waals surface area contributed by atoms with Gasteiger partial charge in [0.05, 0.1) is 4.88 Å². The first-order valence-electron chi connectivity index (χ1n) is 8.85. The third-order valence-corrected chi connectivity index (χ3v) is 5.82. The summed E-state index contributed by atoms with van der Waals surface area (Å²) in [5.41, 5.74) is 0.480. The minimum absolute atomic E-state index is 0.0616. The zero-order chi connectivity index (χ0) is 18.3. The van der Waals surface area contributed by atoms with Gasteiger partial charge in [0.1, 0.15) is 6.54 Å². The fourth-order valence-electron chi connectivity index (χ4n) is 3.50. The smallest absolute Gasteiger partial charge is 0.275 e. The van der Waals surface area contributed by atoms with E-state index in [1.165, 1.54) is 28.3 Å². The number of fused-ring (bicyclic) bond motifs is 1. The Kier molecular flexibility index (Phi) is 4.36. The van der Waals surface area contributed by atoms with E-state index in [2.05, 4.69) is 17.0 Å². The number of rotatable bonds is 3. The lowest BCUT2D eigenvalue weighted by Gasteiger charge is -2.33. The first-order chi connectivity index (χ1) is 12.5. The first-order valence-corrected chi connectivity index (χ1v) is 9.73. The third-order valence-electron chi connectivity index (χ3n) is 4.96. The quantitative estimate of drug-likeness (QED) is 0.708. The van der Waals surface area contributed by atoms with Crippen LogP contribution in [-0.2, 0) is 11.3 Å². The van der Waals surface area contributed by atoms with E-state index in [0.717, 1.165) is 24.3 Å². The zero-order valence-electron chi connectivity index (χ0n) is 14.9. The summed E-state index contributed by atoms with van der Waals surface area (Å²) in [5.74, 6) is 0.984. The lowest BCUT2D eigenvalue weighted by Crippen LogP contribution is -2.44. The molecule has 1 aliphatic heterocycles. The van der Waals surface area contributed by atoms with Crippen molar-refractivity contribution in [2.24, 2.45) is 0 Å². The van der Waals surface area contributed by atoms with Crippen LogP contribution in [0.2, 0.25) is 0 Å². The summed E-state index contributed by atoms with van der Waals surface area (Å²) in [6, 6.07) is 5.60. The average molecular weight is 371 g/mol. The monoisotopic (exact) mass is 371 g/mol. The van der Waals surface area contributed by atoms with Gasteiger partial charge in [-0.25, -0.2) is 0 Å². The van der Waals surface area contributed by atoms with Crippen molar-refractivity contribution in [1.82, 2.24) is 24.1 Å². The predicted octanol–water partition coefficient (Wildman–Crippen LogP) is 2.33. The molecule has 0 radical (unpaired) electrons. The molecule has 1 fully saturated rings. The van der Waals surface area contributed by atoms with Crippen LogP contribution in [0.1, 0.15) is 31.9 Å². The predicted molar refractivity (Wildman–Crippen MR) is 100 cm³/mol. The summed E-state index contributed by atoms with van der Waals surface area (Å²) in [7, 11) is 0. The van der Waals surface area contributed by atoms with Crippen LogP contribution in [0.15, 0.2) is 28.4 Å². The van der Waals surface area contributed by atoms with Crippen LogP contribution in [0.3, 0.4) is 0 Å². The molecule has 0 spiro atoms. The van der Waals surface area contributed by atoms with Gasteiger partial charge >= 0.3 is 0 Å². The van der Waals surface area contributed by atoms with Crippen molar-refractivity contribution in [3.63, 3.8) is 0 Å². The van der Waals surface area contributed by atoms with Crippen molar-refractivity contribution in [1.29, 1.82) is 0 Å². The molecule has 4 heterocycles. The number of hydrogen-bond acceptors (Lipinski definition) is 5. The van der Waals surface area contributed by atoms with Gasteiger partial charge in [-0.1, -0.05) is 6.07 Å². The van der Waals surface area contributed by atoms with Gasteiger partial charge in [-0.05, 0) is 44.6 Å². The normalized spacial score (nSPS) is 17.8. The molecule has 0 aliphatic carbocycles. The summed E-state index contributed by atoms with van der Waals surface area (Å²) < 4.78 is 3.07. The molecule has 1 unspecified atom stereocenters. The number of thiophene rings is 1. The number of hydrogen-bond donors (Lipinski definition) is 0. The van der Waals surface area contributed by atoms with Crippen LogP contribution < -0.4 is 5.56 Å². The SMILES string of the molecule is Cc1cc(=O)n2nc(-c3cccs3)nc2n1CC(=O)N1CCCCC1C. The number of likely N-dealkylation sites (tertiary alicyclic amines) is 1. The van der Waals surface area contributed by atoms with E-state index in [-0.39, 0.29) is 24.1 Å². The molecule has 1 amide bonds. The Labute approximate surface area is 154 Å². The van der Waals surface area contributed by atoms with E-state index < -0.39 is 0 Å². The second-order valence-electron chi connectivity index (χ2n) is 6.77. The molecular formula is C18H21N5O2S. The standard InChI is InChI=1S/C18H21N5O2S/c1-12-6-3-4-8-21(12)16(25)11-22-13(2)10-15(24)23-18(22)19-17(20-23)14-7-5-9-26-14/h5,7,9-10,12H,3-4,6,8,11H2,1-2H3. The molecule has 26 heavy (non-hydrogen) atoms. The van der Waals surface area contributed by atoms with Crippen molar-refractivity contribution in [3.05, 3.63) is 39.6 Å². The number of aromatic nitrogens is 4. The minimum atomic E-state index is -0.233. The largest absolute Gasteiger partial charge is 0.338 e. The Morgan fingerprint density at radius 2 is 2.23 bits per heavy atom. The fourth-order valence-corrected chi connectivity index (χ4v) is 4.15. The van der Waals surface area contributed by atoms with Gasteiger partial charge in [0, 0.05) is 24.3 Å². The Balaban J connectivity index is 1.74. The van der Waals surface area contributed by atoms with E-state index in [1.807, 2.05) is 29.3 Å². The second kappa shape index (κ2) is 6.68. The average Bonchev–Trinajstić information content (AvgIpc) is 3.28. The highest BCUT2D eigenvalue weighted by Crippen LogP contribution is 2.22. The van der Waals surface area contributed by atoms with E-state index in [0.29, 0.717) is 17.3 Å². The van der Waals surface area contributed by atoms with Crippen LogP contribution in [-0.4, -0.2) is 42.6 Å². The Hall–Kier alpha value is -2.48. The van der Waals surface area contributed by atoms with Crippen LogP contribution in [0.4, 0.5) is 0 Å². The maximum Gasteiger partial charge on any atom is 0.275 e. The summed E-state index contributed by atoms with van der Waals surface area (Å²) >= 11 is 1.52. The van der Waals surface area contributed by atoms with Gasteiger partial charge in [-0.2, -0.15) is 9.50 Å². The number of carbonyl (C=O) groups excluding carboxylic acids is 1. The second-order valence-corrected chi connectivity index (χ2v) is 7.71. The van der Waals surface area contributed by atoms with Crippen molar-refractivity contribution >= 4 is 23.0 Å². The molecule has 0 N–H and O–H groups in total. The highest BCUT2D eigenvalue weighted by atomic mass is 32.1. The first kappa shape index (κ1) is 17.0. The minimum Gasteiger partial charge on any atom is -0.338 e. The van der Waals surface area contributed by atoms with Gasteiger partial charge in [0.2, 0.25) is 11.7 Å². The van der Waals surface area contributed by atoms with Crippen molar-refractivity contribution in [2.75, 3.05) is 6.54 Å². The van der Waals surface area contributed by atoms with E-state index >= 15 is 0 Å². The molecule has 7 nitrogen and oxygen atoms in total. The van der Waals surface area contributed by atoms with Crippen molar-refractivity contribution in [3.8, 4) is 10.7 Å². The van der Waals surface area contributed by atoms with Crippen molar-refractivity contribution in [2.45, 2.75) is 45.7 Å². The maximum absolute atomic E-state index is 12.9. The Bertz CT molecular complexity index is 1000. The van der Waals surface area contributed by atoms with E-state index in [1.54, 1.807) is 4.57 Å². The van der Waals surface area contributed by atoms with Gasteiger partial charge in [0.25, 0.3) is 5.56 Å². The maximum atomic E-state index is 12.9. The molecule has 3 aromatic rings. The molecule has 4 rings (SSSR count). The summed E-state index contributed by atoms with van der Waals surface area (Å²) in [4.78, 5) is 32.6. The van der Waals surface area contributed by atoms with Crippen molar-refractivity contribution < 1.29 is 4.79 Å². The number of aryl methyl sites for hydroxylation is 1. The van der Waals surface area contributed by atoms with Gasteiger partial charge in [-0.15, -0.1) is 16.4 Å². The molecule has 136 valence electrons. The Morgan fingerprint density at radius 3 is 2.96 bits per heavy atom. The molecule has 8 heteroatoms. The molecule has 0 bridgehead atoms. The molecule has 0 saturated carbocycles. The molecule has 1 aliphatic rings. The third kappa shape index (κ3) is 2.94. The number of nitrogens with zero attached hydrogens (tertiary/aromatic N) is 5. The summed E-state index contributed by atoms with van der Waals surface area (Å²) in [5, 5.41) is 6.29. The number of piperidine rings is 1. The molecule has 1 saturated heterocycles. The topological polar surface area (TPSA) is 72.5 Å². The zero-order valence-corrected chi connectivity index (χ0v) is 15.7. The lowest BCUT2D eigenvalue weighted by atomic mass is 10.0. The summed E-state index contributed by atoms with van der Waals surface area (Å²) in [6.45, 7) is 4.88. The van der Waals surface area contributed by atoms with Crippen LogP contribution >= 0.6 is 11.3 Å². The highest BCUT2D eigenvalue weighted by Gasteiger charge is 2.24. The van der Waals surface area contributed by atoms with Crippen LogP contribution in [0.5, 0.6) is 0 Å². The fraction of sp³-hybridized carbons (Fsp3) is 0.444. The molecular weight excluding hydrogens is 350 g/mol. The van der Waals surface area contributed by atoms with Gasteiger partial charge in [0.15, 0.2) is 5.82 Å². The van der Waals surface area contributed by atoms with Crippen LogP contribution in [0.25, 0.3) is 16.5 Å². The highest BCUT2D eigenvalue weighted by molar-refractivity contribution is 7.13. The summed E-state index contributed by atoms with van der Waals surface area (Å²) in [6.07, 6.45) is 3.25. The van der Waals surface area contributed by atoms with Crippen LogP contribution in [0, 0.1) is 6.92 Å². The van der Waals surface area contributed by atoms with Gasteiger partial charge in [-0.3, -0.25) is 9.59 Å². The molecule has 3 aromatic heterocycles.